The van der Waals surface area contributed by atoms with Crippen molar-refractivity contribution in [1.29, 1.82) is 0 Å². The molecule has 1 saturated heterocycles. The van der Waals surface area contributed by atoms with E-state index in [1.807, 2.05) is 30.3 Å². The van der Waals surface area contributed by atoms with Crippen molar-refractivity contribution in [2.24, 2.45) is 0 Å². The van der Waals surface area contributed by atoms with Crippen LogP contribution in [0.4, 0.5) is 4.79 Å². The number of nitrogens with one attached hydrogen (secondary N) is 2. The topological polar surface area (TPSA) is 81.7 Å². The Balaban J connectivity index is 1.86. The summed E-state index contributed by atoms with van der Waals surface area (Å²) in [7, 11) is 0. The SMILES string of the molecule is CC(C)(CO)NC(=O)NC1CC(=O)N(Cc2ccccc2)C1. The fourth-order valence-corrected chi connectivity index (χ4v) is 2.39. The van der Waals surface area contributed by atoms with E-state index >= 15 is 0 Å². The van der Waals surface area contributed by atoms with Gasteiger partial charge in [-0.1, -0.05) is 30.3 Å². The number of carbonyl (C=O) groups is 2. The first-order valence-corrected chi connectivity index (χ1v) is 7.41. The smallest absolute Gasteiger partial charge is 0.315 e. The Hall–Kier alpha value is -2.08. The third kappa shape index (κ3) is 4.46. The van der Waals surface area contributed by atoms with Crippen molar-refractivity contribution < 1.29 is 14.7 Å². The van der Waals surface area contributed by atoms with E-state index in [2.05, 4.69) is 10.6 Å². The molecule has 1 heterocycles. The normalized spacial score (nSPS) is 18.4. The molecular formula is C16H23N3O3. The Morgan fingerprint density at radius 3 is 2.68 bits per heavy atom. The highest BCUT2D eigenvalue weighted by Crippen LogP contribution is 2.15. The standard InChI is InChI=1S/C16H23N3O3/c1-16(2,11-20)18-15(22)17-13-8-14(21)19(10-13)9-12-6-4-3-5-7-12/h3-7,13,20H,8-11H2,1-2H3,(H2,17,18,22). The second-order valence-electron chi connectivity index (χ2n) is 6.30. The molecule has 1 aromatic rings. The largest absolute Gasteiger partial charge is 0.394 e. The van der Waals surface area contributed by atoms with Crippen LogP contribution in [0.1, 0.15) is 25.8 Å². The Labute approximate surface area is 130 Å². The van der Waals surface area contributed by atoms with Crippen LogP contribution in [0.25, 0.3) is 0 Å². The van der Waals surface area contributed by atoms with Gasteiger partial charge in [-0.2, -0.15) is 0 Å². The molecule has 1 atom stereocenters. The fourth-order valence-electron chi connectivity index (χ4n) is 2.39. The van der Waals surface area contributed by atoms with Crippen molar-refractivity contribution in [3.8, 4) is 0 Å². The zero-order valence-corrected chi connectivity index (χ0v) is 13.0. The van der Waals surface area contributed by atoms with Crippen molar-refractivity contribution in [3.05, 3.63) is 35.9 Å². The Kier molecular flexibility index (Phi) is 5.03. The quantitative estimate of drug-likeness (QED) is 0.754. The highest BCUT2D eigenvalue weighted by molar-refractivity contribution is 5.81. The summed E-state index contributed by atoms with van der Waals surface area (Å²) in [5, 5.41) is 14.6. The summed E-state index contributed by atoms with van der Waals surface area (Å²) in [4.78, 5) is 25.7. The lowest BCUT2D eigenvalue weighted by Gasteiger charge is -2.25. The van der Waals surface area contributed by atoms with Gasteiger partial charge in [0.25, 0.3) is 0 Å². The van der Waals surface area contributed by atoms with Crippen molar-refractivity contribution in [2.75, 3.05) is 13.2 Å². The summed E-state index contributed by atoms with van der Waals surface area (Å²) in [5.74, 6) is 0.0376. The van der Waals surface area contributed by atoms with Gasteiger partial charge in [0.1, 0.15) is 0 Å². The molecule has 1 aliphatic heterocycles. The fraction of sp³-hybridized carbons (Fsp3) is 0.500. The molecule has 0 spiro atoms. The molecule has 1 unspecified atom stereocenters. The van der Waals surface area contributed by atoms with Crippen LogP contribution in [-0.4, -0.2) is 46.7 Å². The van der Waals surface area contributed by atoms with Gasteiger partial charge in [-0.25, -0.2) is 4.79 Å². The number of carbonyl (C=O) groups excluding carboxylic acids is 2. The van der Waals surface area contributed by atoms with Gasteiger partial charge in [0.2, 0.25) is 5.91 Å². The van der Waals surface area contributed by atoms with Crippen LogP contribution < -0.4 is 10.6 Å². The van der Waals surface area contributed by atoms with E-state index in [9.17, 15) is 9.59 Å². The maximum Gasteiger partial charge on any atom is 0.315 e. The van der Waals surface area contributed by atoms with Gasteiger partial charge in [-0.15, -0.1) is 0 Å². The molecule has 1 fully saturated rings. The Bertz CT molecular complexity index is 531. The molecule has 22 heavy (non-hydrogen) atoms. The van der Waals surface area contributed by atoms with E-state index in [4.69, 9.17) is 5.11 Å². The maximum atomic E-state index is 12.0. The molecular weight excluding hydrogens is 282 g/mol. The summed E-state index contributed by atoms with van der Waals surface area (Å²) in [6.45, 7) is 4.37. The predicted molar refractivity (Wildman–Crippen MR) is 83.1 cm³/mol. The van der Waals surface area contributed by atoms with Gasteiger partial charge in [0, 0.05) is 19.5 Å². The molecule has 0 aromatic heterocycles. The van der Waals surface area contributed by atoms with E-state index in [-0.39, 0.29) is 24.6 Å². The number of benzene rings is 1. The first-order valence-electron chi connectivity index (χ1n) is 7.41. The van der Waals surface area contributed by atoms with Crippen molar-refractivity contribution >= 4 is 11.9 Å². The molecule has 120 valence electrons. The monoisotopic (exact) mass is 305 g/mol. The second kappa shape index (κ2) is 6.79. The van der Waals surface area contributed by atoms with Crippen LogP contribution in [0, 0.1) is 0 Å². The van der Waals surface area contributed by atoms with E-state index in [1.54, 1.807) is 18.7 Å². The third-order valence-corrected chi connectivity index (χ3v) is 3.61. The van der Waals surface area contributed by atoms with Gasteiger partial charge < -0.3 is 20.6 Å². The molecule has 2 rings (SSSR count). The number of amides is 3. The Morgan fingerprint density at radius 2 is 2.05 bits per heavy atom. The van der Waals surface area contributed by atoms with Gasteiger partial charge in [-0.3, -0.25) is 4.79 Å². The lowest BCUT2D eigenvalue weighted by Crippen LogP contribution is -2.53. The number of rotatable bonds is 5. The number of aliphatic hydroxyl groups excluding tert-OH is 1. The molecule has 0 saturated carbocycles. The minimum absolute atomic E-state index is 0.0376. The summed E-state index contributed by atoms with van der Waals surface area (Å²) in [6, 6.07) is 9.21. The molecule has 0 aliphatic carbocycles. The molecule has 0 radical (unpaired) electrons. The summed E-state index contributed by atoms with van der Waals surface area (Å²) in [6.07, 6.45) is 0.305. The van der Waals surface area contributed by atoms with Crippen LogP contribution in [0.5, 0.6) is 0 Å². The first kappa shape index (κ1) is 16.3. The average Bonchev–Trinajstić information content (AvgIpc) is 2.79. The first-order chi connectivity index (χ1) is 10.4. The molecule has 3 N–H and O–H groups in total. The zero-order chi connectivity index (χ0) is 16.2. The predicted octanol–water partition coefficient (Wildman–Crippen LogP) is 0.858. The highest BCUT2D eigenvalue weighted by Gasteiger charge is 2.31. The molecule has 0 bridgehead atoms. The minimum atomic E-state index is -0.684. The lowest BCUT2D eigenvalue weighted by molar-refractivity contribution is -0.128. The number of urea groups is 1. The summed E-state index contributed by atoms with van der Waals surface area (Å²) >= 11 is 0. The van der Waals surface area contributed by atoms with Gasteiger partial charge >= 0.3 is 6.03 Å². The number of hydrogen-bond donors (Lipinski definition) is 3. The van der Waals surface area contributed by atoms with Crippen molar-refractivity contribution in [3.63, 3.8) is 0 Å². The third-order valence-electron chi connectivity index (χ3n) is 3.61. The van der Waals surface area contributed by atoms with Crippen LogP contribution in [0.15, 0.2) is 30.3 Å². The van der Waals surface area contributed by atoms with Crippen LogP contribution in [0.3, 0.4) is 0 Å². The number of likely N-dealkylation sites (tertiary alicyclic amines) is 1. The van der Waals surface area contributed by atoms with Gasteiger partial charge in [0.05, 0.1) is 18.2 Å². The number of aliphatic hydroxyl groups is 1. The molecule has 6 heteroatoms. The second-order valence-corrected chi connectivity index (χ2v) is 6.30. The number of hydrogen-bond acceptors (Lipinski definition) is 3. The van der Waals surface area contributed by atoms with E-state index in [0.717, 1.165) is 5.56 Å². The molecule has 6 nitrogen and oxygen atoms in total. The van der Waals surface area contributed by atoms with E-state index in [0.29, 0.717) is 19.5 Å². The summed E-state index contributed by atoms with van der Waals surface area (Å²) in [5.41, 5.74) is 0.388. The van der Waals surface area contributed by atoms with Crippen LogP contribution >= 0.6 is 0 Å². The molecule has 1 aliphatic rings. The zero-order valence-electron chi connectivity index (χ0n) is 13.0. The minimum Gasteiger partial charge on any atom is -0.394 e. The van der Waals surface area contributed by atoms with Crippen molar-refractivity contribution in [1.82, 2.24) is 15.5 Å². The van der Waals surface area contributed by atoms with Crippen LogP contribution in [-0.2, 0) is 11.3 Å². The number of nitrogens with zero attached hydrogens (tertiary/aromatic N) is 1. The van der Waals surface area contributed by atoms with Gasteiger partial charge in [-0.05, 0) is 19.4 Å². The molecule has 1 aromatic carbocycles. The average molecular weight is 305 g/mol. The highest BCUT2D eigenvalue weighted by atomic mass is 16.3. The maximum absolute atomic E-state index is 12.0. The lowest BCUT2D eigenvalue weighted by atomic mass is 10.1. The van der Waals surface area contributed by atoms with Crippen LogP contribution in [0.2, 0.25) is 0 Å². The van der Waals surface area contributed by atoms with E-state index < -0.39 is 5.54 Å². The Morgan fingerprint density at radius 1 is 1.36 bits per heavy atom. The molecule has 3 amide bonds. The van der Waals surface area contributed by atoms with Gasteiger partial charge in [0.15, 0.2) is 0 Å². The van der Waals surface area contributed by atoms with E-state index in [1.165, 1.54) is 0 Å². The summed E-state index contributed by atoms with van der Waals surface area (Å²) < 4.78 is 0. The van der Waals surface area contributed by atoms with Crippen molar-refractivity contribution in [2.45, 2.75) is 38.4 Å².